The number of carbonyl (C=O) groups excluding carboxylic acids is 1. The molecule has 0 atom stereocenters. The zero-order valence-corrected chi connectivity index (χ0v) is 12.9. The molecule has 0 aliphatic carbocycles. The van der Waals surface area contributed by atoms with Crippen LogP contribution in [0.1, 0.15) is 46.4 Å². The molecular formula is C14H20N2O2S. The number of thiophene rings is 1. The van der Waals surface area contributed by atoms with Gasteiger partial charge in [0.25, 0.3) is 5.91 Å². The first-order valence-electron chi connectivity index (χ1n) is 6.31. The maximum atomic E-state index is 12.5. The summed E-state index contributed by atoms with van der Waals surface area (Å²) in [6, 6.07) is 0. The molecule has 104 valence electrons. The fraction of sp³-hybridized carbons (Fsp3) is 0.571. The lowest BCUT2D eigenvalue weighted by Gasteiger charge is -2.21. The summed E-state index contributed by atoms with van der Waals surface area (Å²) in [7, 11) is 3.16. The van der Waals surface area contributed by atoms with Crippen molar-refractivity contribution in [3.05, 3.63) is 20.9 Å². The molecule has 0 radical (unpaired) electrons. The Labute approximate surface area is 118 Å². The molecule has 2 rings (SSSR count). The van der Waals surface area contributed by atoms with E-state index in [0.29, 0.717) is 6.54 Å². The number of aliphatic imine (C=N–C) groups is 1. The van der Waals surface area contributed by atoms with Crippen LogP contribution in [0.5, 0.6) is 0 Å². The number of nitrogens with zero attached hydrogens (tertiary/aromatic N) is 2. The molecule has 5 heteroatoms. The van der Waals surface area contributed by atoms with Gasteiger partial charge in [-0.15, -0.1) is 11.3 Å². The van der Waals surface area contributed by atoms with Crippen molar-refractivity contribution in [2.24, 2.45) is 4.99 Å². The lowest BCUT2D eigenvalue weighted by Crippen LogP contribution is -2.28. The highest BCUT2D eigenvalue weighted by Crippen LogP contribution is 2.39. The van der Waals surface area contributed by atoms with E-state index in [-0.39, 0.29) is 11.3 Å². The molecule has 4 nitrogen and oxygen atoms in total. The predicted molar refractivity (Wildman–Crippen MR) is 78.0 cm³/mol. The fourth-order valence-electron chi connectivity index (χ4n) is 2.15. The van der Waals surface area contributed by atoms with Crippen molar-refractivity contribution in [1.82, 2.24) is 5.06 Å². The van der Waals surface area contributed by atoms with Crippen LogP contribution in [0.15, 0.2) is 4.99 Å². The van der Waals surface area contributed by atoms with E-state index >= 15 is 0 Å². The summed E-state index contributed by atoms with van der Waals surface area (Å²) in [5, 5.41) is 1.29. The van der Waals surface area contributed by atoms with Crippen LogP contribution in [0.2, 0.25) is 0 Å². The van der Waals surface area contributed by atoms with Gasteiger partial charge in [0.15, 0.2) is 0 Å². The van der Waals surface area contributed by atoms with E-state index in [1.807, 2.05) is 6.21 Å². The highest BCUT2D eigenvalue weighted by atomic mass is 32.1. The van der Waals surface area contributed by atoms with Crippen LogP contribution in [0.3, 0.4) is 0 Å². The van der Waals surface area contributed by atoms with E-state index in [1.165, 1.54) is 17.1 Å². The molecule has 1 aromatic rings. The molecule has 0 bridgehead atoms. The molecule has 2 heterocycles. The summed E-state index contributed by atoms with van der Waals surface area (Å²) in [5.41, 5.74) is 1.88. The van der Waals surface area contributed by atoms with Crippen LogP contribution in [0.25, 0.3) is 0 Å². The summed E-state index contributed by atoms with van der Waals surface area (Å²) in [5.74, 6) is -0.0692. The van der Waals surface area contributed by atoms with Crippen molar-refractivity contribution < 1.29 is 9.63 Å². The summed E-state index contributed by atoms with van der Waals surface area (Å²) in [4.78, 5) is 24.2. The summed E-state index contributed by atoms with van der Waals surface area (Å²) >= 11 is 1.71. The third kappa shape index (κ3) is 2.58. The zero-order chi connectivity index (χ0) is 14.2. The number of hydrogen-bond acceptors (Lipinski definition) is 4. The number of rotatable bonds is 2. The van der Waals surface area contributed by atoms with Gasteiger partial charge in [0.1, 0.15) is 0 Å². The minimum Gasteiger partial charge on any atom is -0.292 e. The quantitative estimate of drug-likeness (QED) is 0.782. The highest BCUT2D eigenvalue weighted by molar-refractivity contribution is 7.12. The van der Waals surface area contributed by atoms with Crippen LogP contribution in [-0.4, -0.2) is 31.3 Å². The largest absolute Gasteiger partial charge is 0.292 e. The molecule has 0 aromatic carbocycles. The van der Waals surface area contributed by atoms with Gasteiger partial charge in [-0.25, -0.2) is 5.06 Å². The van der Waals surface area contributed by atoms with E-state index < -0.39 is 0 Å². The highest BCUT2D eigenvalue weighted by Gasteiger charge is 2.31. The van der Waals surface area contributed by atoms with Gasteiger partial charge in [-0.2, -0.15) is 0 Å². The third-order valence-electron chi connectivity index (χ3n) is 3.21. The standard InChI is InChI=1S/C14H20N2O2S/c1-14(2,3)12-11(13(17)16(4)18-5)9-6-7-15-8-10(9)19-12/h7H,6,8H2,1-5H3. The second-order valence-corrected chi connectivity index (χ2v) is 6.78. The van der Waals surface area contributed by atoms with Gasteiger partial charge in [0.05, 0.1) is 19.2 Å². The molecule has 0 saturated carbocycles. The molecule has 1 aliphatic rings. The topological polar surface area (TPSA) is 41.9 Å². The lowest BCUT2D eigenvalue weighted by atomic mass is 9.89. The van der Waals surface area contributed by atoms with Gasteiger partial charge in [0, 0.05) is 29.4 Å². The Balaban J connectivity index is 2.57. The van der Waals surface area contributed by atoms with Gasteiger partial charge < -0.3 is 0 Å². The molecule has 0 N–H and O–H groups in total. The molecule has 0 saturated heterocycles. The van der Waals surface area contributed by atoms with E-state index in [9.17, 15) is 4.79 Å². The van der Waals surface area contributed by atoms with Crippen LogP contribution in [0.4, 0.5) is 0 Å². The van der Waals surface area contributed by atoms with Gasteiger partial charge in [0.2, 0.25) is 0 Å². The zero-order valence-electron chi connectivity index (χ0n) is 12.1. The molecule has 19 heavy (non-hydrogen) atoms. The van der Waals surface area contributed by atoms with Crippen molar-refractivity contribution in [3.63, 3.8) is 0 Å². The molecular weight excluding hydrogens is 260 g/mol. The van der Waals surface area contributed by atoms with Crippen LogP contribution >= 0.6 is 11.3 Å². The van der Waals surface area contributed by atoms with Crippen molar-refractivity contribution in [2.45, 2.75) is 39.2 Å². The van der Waals surface area contributed by atoms with Crippen LogP contribution in [0, 0.1) is 0 Å². The van der Waals surface area contributed by atoms with Gasteiger partial charge in [-0.3, -0.25) is 14.6 Å². The smallest absolute Gasteiger partial charge is 0.278 e. The van der Waals surface area contributed by atoms with E-state index in [0.717, 1.165) is 22.4 Å². The number of hydrogen-bond donors (Lipinski definition) is 0. The fourth-order valence-corrected chi connectivity index (χ4v) is 3.47. The van der Waals surface area contributed by atoms with Gasteiger partial charge in [-0.05, 0) is 11.0 Å². The second kappa shape index (κ2) is 5.06. The summed E-state index contributed by atoms with van der Waals surface area (Å²) in [6.07, 6.45) is 2.63. The Morgan fingerprint density at radius 1 is 1.47 bits per heavy atom. The van der Waals surface area contributed by atoms with Crippen LogP contribution in [-0.2, 0) is 23.2 Å². The van der Waals surface area contributed by atoms with E-state index in [4.69, 9.17) is 4.84 Å². The van der Waals surface area contributed by atoms with Crippen molar-refractivity contribution in [1.29, 1.82) is 0 Å². The number of hydroxylamine groups is 2. The number of fused-ring (bicyclic) bond motifs is 1. The Bertz CT molecular complexity index is 526. The lowest BCUT2D eigenvalue weighted by molar-refractivity contribution is -0.0758. The molecule has 0 unspecified atom stereocenters. The van der Waals surface area contributed by atoms with Gasteiger partial charge in [-0.1, -0.05) is 20.8 Å². The maximum absolute atomic E-state index is 12.5. The molecule has 0 fully saturated rings. The minimum atomic E-state index is -0.0692. The van der Waals surface area contributed by atoms with Gasteiger partial charge >= 0.3 is 0 Å². The molecule has 1 amide bonds. The Morgan fingerprint density at radius 3 is 2.74 bits per heavy atom. The van der Waals surface area contributed by atoms with Crippen LogP contribution < -0.4 is 0 Å². The average molecular weight is 280 g/mol. The molecule has 1 aromatic heterocycles. The van der Waals surface area contributed by atoms with E-state index in [1.54, 1.807) is 18.4 Å². The third-order valence-corrected chi connectivity index (χ3v) is 4.85. The second-order valence-electron chi connectivity index (χ2n) is 5.67. The summed E-state index contributed by atoms with van der Waals surface area (Å²) in [6.45, 7) is 7.09. The number of carbonyl (C=O) groups is 1. The monoisotopic (exact) mass is 280 g/mol. The summed E-state index contributed by atoms with van der Waals surface area (Å²) < 4.78 is 0. The normalized spacial score (nSPS) is 14.4. The minimum absolute atomic E-state index is 0.0540. The van der Waals surface area contributed by atoms with E-state index in [2.05, 4.69) is 25.8 Å². The Morgan fingerprint density at radius 2 is 2.16 bits per heavy atom. The first-order chi connectivity index (χ1) is 8.86. The molecule has 0 spiro atoms. The Kier molecular flexibility index (Phi) is 3.78. The molecule has 1 aliphatic heterocycles. The van der Waals surface area contributed by atoms with Crippen molar-refractivity contribution >= 4 is 23.5 Å². The first-order valence-corrected chi connectivity index (χ1v) is 7.13. The average Bonchev–Trinajstić information content (AvgIpc) is 2.76. The SMILES string of the molecule is CON(C)C(=O)c1c(C(C)(C)C)sc2c1CC=NC2. The van der Waals surface area contributed by atoms with Crippen molar-refractivity contribution in [3.8, 4) is 0 Å². The number of amides is 1. The first kappa shape index (κ1) is 14.2. The van der Waals surface area contributed by atoms with Crippen molar-refractivity contribution in [2.75, 3.05) is 14.2 Å². The maximum Gasteiger partial charge on any atom is 0.278 e. The Hall–Kier alpha value is -1.20. The predicted octanol–water partition coefficient (Wildman–Crippen LogP) is 2.81.